The molecule has 3 rings (SSSR count). The Morgan fingerprint density at radius 3 is 2.54 bits per heavy atom. The number of hydrogen-bond donors (Lipinski definition) is 0. The number of para-hydroxylation sites is 1. The molecule has 0 N–H and O–H groups in total. The van der Waals surface area contributed by atoms with Gasteiger partial charge in [0.2, 0.25) is 0 Å². The van der Waals surface area contributed by atoms with Crippen molar-refractivity contribution in [3.05, 3.63) is 47.0 Å². The van der Waals surface area contributed by atoms with Gasteiger partial charge in [-0.05, 0) is 12.1 Å². The minimum absolute atomic E-state index is 0.0695. The molecule has 1 aromatic carbocycles. The standard InChI is InChI=1S/C17H19N5O4/c1-20(2)16(23)22-14-13(21(3)17(22)24)11-18-15(19-14)26-10-9-25-12-7-5-4-6-8-12/h4-8,11H,9-10H2,1-3H3. The van der Waals surface area contributed by atoms with Crippen LogP contribution in [0.15, 0.2) is 41.3 Å². The summed E-state index contributed by atoms with van der Waals surface area (Å²) in [6.45, 7) is 0.530. The number of ether oxygens (including phenoxy) is 2. The van der Waals surface area contributed by atoms with Crippen molar-refractivity contribution < 1.29 is 14.3 Å². The first kappa shape index (κ1) is 17.5. The molecule has 3 aromatic rings. The molecule has 1 amide bonds. The maximum absolute atomic E-state index is 12.3. The first-order chi connectivity index (χ1) is 12.5. The lowest BCUT2D eigenvalue weighted by Crippen LogP contribution is -2.35. The Balaban J connectivity index is 1.77. The first-order valence-electron chi connectivity index (χ1n) is 7.96. The second-order valence-electron chi connectivity index (χ2n) is 5.73. The maximum atomic E-state index is 12.3. The highest BCUT2D eigenvalue weighted by atomic mass is 16.5. The van der Waals surface area contributed by atoms with Crippen molar-refractivity contribution in [2.75, 3.05) is 27.3 Å². The van der Waals surface area contributed by atoms with Crippen LogP contribution in [0, 0.1) is 0 Å². The number of carbonyl (C=O) groups excluding carboxylic acids is 1. The fraction of sp³-hybridized carbons (Fsp3) is 0.294. The zero-order valence-electron chi connectivity index (χ0n) is 14.7. The van der Waals surface area contributed by atoms with Crippen LogP contribution in [-0.4, -0.2) is 57.3 Å². The summed E-state index contributed by atoms with van der Waals surface area (Å²) in [7, 11) is 4.68. The molecule has 0 radical (unpaired) electrons. The summed E-state index contributed by atoms with van der Waals surface area (Å²) in [4.78, 5) is 34.2. The molecule has 0 fully saturated rings. The highest BCUT2D eigenvalue weighted by molar-refractivity contribution is 5.86. The van der Waals surface area contributed by atoms with Gasteiger partial charge < -0.3 is 14.4 Å². The van der Waals surface area contributed by atoms with Crippen LogP contribution in [0.4, 0.5) is 4.79 Å². The third-order valence-corrected chi connectivity index (χ3v) is 3.68. The zero-order valence-corrected chi connectivity index (χ0v) is 14.7. The lowest BCUT2D eigenvalue weighted by molar-refractivity contribution is 0.206. The summed E-state index contributed by atoms with van der Waals surface area (Å²) in [6, 6.07) is 8.93. The Morgan fingerprint density at radius 2 is 1.85 bits per heavy atom. The summed E-state index contributed by atoms with van der Waals surface area (Å²) < 4.78 is 13.3. The van der Waals surface area contributed by atoms with E-state index in [0.717, 1.165) is 10.3 Å². The Bertz CT molecular complexity index is 978. The fourth-order valence-corrected chi connectivity index (χ4v) is 2.35. The largest absolute Gasteiger partial charge is 0.490 e. The summed E-state index contributed by atoms with van der Waals surface area (Å²) in [5, 5.41) is 0. The molecule has 0 atom stereocenters. The van der Waals surface area contributed by atoms with Crippen molar-refractivity contribution in [3.8, 4) is 11.8 Å². The van der Waals surface area contributed by atoms with Gasteiger partial charge in [0.1, 0.15) is 24.5 Å². The van der Waals surface area contributed by atoms with Gasteiger partial charge in [0.15, 0.2) is 5.65 Å². The number of rotatable bonds is 5. The number of aryl methyl sites for hydroxylation is 1. The van der Waals surface area contributed by atoms with Crippen molar-refractivity contribution >= 4 is 17.2 Å². The van der Waals surface area contributed by atoms with Gasteiger partial charge in [0, 0.05) is 21.1 Å². The number of benzene rings is 1. The van der Waals surface area contributed by atoms with E-state index in [1.165, 1.54) is 15.7 Å². The third-order valence-electron chi connectivity index (χ3n) is 3.68. The van der Waals surface area contributed by atoms with E-state index in [1.54, 1.807) is 21.1 Å². The second-order valence-corrected chi connectivity index (χ2v) is 5.73. The van der Waals surface area contributed by atoms with Crippen molar-refractivity contribution in [1.29, 1.82) is 0 Å². The van der Waals surface area contributed by atoms with Crippen molar-refractivity contribution in [1.82, 2.24) is 24.0 Å². The quantitative estimate of drug-likeness (QED) is 0.636. The molecular weight excluding hydrogens is 338 g/mol. The molecule has 0 aliphatic carbocycles. The predicted molar refractivity (Wildman–Crippen MR) is 94.7 cm³/mol. The van der Waals surface area contributed by atoms with Gasteiger partial charge in [-0.15, -0.1) is 0 Å². The summed E-state index contributed by atoms with van der Waals surface area (Å²) in [5.74, 6) is 0.737. The van der Waals surface area contributed by atoms with E-state index in [2.05, 4.69) is 9.97 Å². The van der Waals surface area contributed by atoms with E-state index in [1.807, 2.05) is 30.3 Å². The zero-order chi connectivity index (χ0) is 18.7. The van der Waals surface area contributed by atoms with Gasteiger partial charge in [-0.3, -0.25) is 4.57 Å². The molecule has 0 saturated heterocycles. The first-order valence-corrected chi connectivity index (χ1v) is 7.96. The number of nitrogens with zero attached hydrogens (tertiary/aromatic N) is 5. The number of aromatic nitrogens is 4. The van der Waals surface area contributed by atoms with Gasteiger partial charge in [-0.2, -0.15) is 9.55 Å². The SMILES string of the molecule is CN(C)C(=O)n1c(=O)n(C)c2cnc(OCCOc3ccccc3)nc21. The lowest BCUT2D eigenvalue weighted by Gasteiger charge is -2.10. The monoisotopic (exact) mass is 357 g/mol. The van der Waals surface area contributed by atoms with Gasteiger partial charge in [-0.25, -0.2) is 14.6 Å². The average molecular weight is 357 g/mol. The van der Waals surface area contributed by atoms with Crippen LogP contribution in [0.5, 0.6) is 11.8 Å². The van der Waals surface area contributed by atoms with Crippen LogP contribution >= 0.6 is 0 Å². The van der Waals surface area contributed by atoms with E-state index in [4.69, 9.17) is 9.47 Å². The van der Waals surface area contributed by atoms with Crippen molar-refractivity contribution in [2.45, 2.75) is 0 Å². The van der Waals surface area contributed by atoms with E-state index < -0.39 is 11.7 Å². The lowest BCUT2D eigenvalue weighted by atomic mass is 10.3. The Morgan fingerprint density at radius 1 is 1.15 bits per heavy atom. The summed E-state index contributed by atoms with van der Waals surface area (Å²) in [6.07, 6.45) is 1.45. The van der Waals surface area contributed by atoms with Crippen molar-refractivity contribution in [2.24, 2.45) is 7.05 Å². The van der Waals surface area contributed by atoms with Crippen LogP contribution in [0.25, 0.3) is 11.2 Å². The molecular formula is C17H19N5O4. The third kappa shape index (κ3) is 3.37. The maximum Gasteiger partial charge on any atom is 0.338 e. The predicted octanol–water partition coefficient (Wildman–Crippen LogP) is 1.12. The van der Waals surface area contributed by atoms with Gasteiger partial charge in [0.25, 0.3) is 0 Å². The minimum atomic E-state index is -0.488. The fourth-order valence-electron chi connectivity index (χ4n) is 2.35. The van der Waals surface area contributed by atoms with E-state index in [9.17, 15) is 9.59 Å². The smallest absolute Gasteiger partial charge is 0.338 e. The Hall–Kier alpha value is -3.36. The minimum Gasteiger partial charge on any atom is -0.490 e. The average Bonchev–Trinajstić information content (AvgIpc) is 2.89. The number of amides is 1. The molecule has 2 heterocycles. The Kier molecular flexibility index (Phi) is 4.87. The number of hydrogen-bond acceptors (Lipinski definition) is 6. The molecule has 2 aromatic heterocycles. The van der Waals surface area contributed by atoms with Crippen LogP contribution in [0.3, 0.4) is 0 Å². The van der Waals surface area contributed by atoms with Gasteiger partial charge >= 0.3 is 17.7 Å². The number of imidazole rings is 1. The highest BCUT2D eigenvalue weighted by Crippen LogP contribution is 2.13. The van der Waals surface area contributed by atoms with Crippen LogP contribution in [-0.2, 0) is 7.05 Å². The molecule has 0 unspecified atom stereocenters. The topological polar surface area (TPSA) is 91.5 Å². The molecule has 9 heteroatoms. The van der Waals surface area contributed by atoms with E-state index in [-0.39, 0.29) is 18.3 Å². The Labute approximate surface area is 149 Å². The number of carbonyl (C=O) groups is 1. The molecule has 136 valence electrons. The van der Waals surface area contributed by atoms with E-state index in [0.29, 0.717) is 12.1 Å². The molecule has 9 nitrogen and oxygen atoms in total. The number of fused-ring (bicyclic) bond motifs is 1. The van der Waals surface area contributed by atoms with Crippen LogP contribution in [0.2, 0.25) is 0 Å². The molecule has 0 bridgehead atoms. The molecule has 0 aliphatic heterocycles. The summed E-state index contributed by atoms with van der Waals surface area (Å²) in [5.41, 5.74) is 0.154. The van der Waals surface area contributed by atoms with Gasteiger partial charge in [0.05, 0.1) is 6.20 Å². The van der Waals surface area contributed by atoms with Crippen LogP contribution in [0.1, 0.15) is 0 Å². The van der Waals surface area contributed by atoms with Crippen molar-refractivity contribution in [3.63, 3.8) is 0 Å². The van der Waals surface area contributed by atoms with Gasteiger partial charge in [-0.1, -0.05) is 18.2 Å². The van der Waals surface area contributed by atoms with Crippen LogP contribution < -0.4 is 15.2 Å². The molecule has 26 heavy (non-hydrogen) atoms. The normalized spacial score (nSPS) is 10.7. The van der Waals surface area contributed by atoms with E-state index >= 15 is 0 Å². The second kappa shape index (κ2) is 7.26. The highest BCUT2D eigenvalue weighted by Gasteiger charge is 2.20. The molecule has 0 saturated carbocycles. The summed E-state index contributed by atoms with van der Waals surface area (Å²) >= 11 is 0. The molecule has 0 aliphatic rings. The molecule has 0 spiro atoms.